The average Bonchev–Trinajstić information content (AvgIpc) is 3.49. The normalized spacial score (nSPS) is 12.4. The van der Waals surface area contributed by atoms with Crippen LogP contribution in [0, 0.1) is 0 Å². The Kier molecular flexibility index (Phi) is 8.07. The van der Waals surface area contributed by atoms with E-state index >= 15 is 0 Å². The molecule has 2 atom stereocenters. The van der Waals surface area contributed by atoms with Crippen LogP contribution in [0.4, 0.5) is 11.4 Å². The fourth-order valence-corrected chi connectivity index (χ4v) is 4.13. The molecule has 0 saturated heterocycles. The van der Waals surface area contributed by atoms with Gasteiger partial charge in [0, 0.05) is 0 Å². The molecule has 0 aliphatic rings. The van der Waals surface area contributed by atoms with Crippen molar-refractivity contribution in [3.63, 3.8) is 0 Å². The Morgan fingerprint density at radius 2 is 1.11 bits per heavy atom. The second-order valence-corrected chi connectivity index (χ2v) is 8.96. The van der Waals surface area contributed by atoms with Crippen LogP contribution in [0.2, 0.25) is 0 Å². The largest absolute Gasteiger partial charge is 0.356 e. The van der Waals surface area contributed by atoms with E-state index in [2.05, 4.69) is 69.6 Å². The van der Waals surface area contributed by atoms with Gasteiger partial charge in [0.25, 0.3) is 0 Å². The number of nitrogens with one attached hydrogen (secondary N) is 4. The van der Waals surface area contributed by atoms with Gasteiger partial charge in [0.15, 0.2) is 10.2 Å². The quantitative estimate of drug-likeness (QED) is 0.258. The topological polar surface area (TPSA) is 83.8 Å². The molecule has 35 heavy (non-hydrogen) atoms. The molecule has 2 aromatic heterocycles. The molecule has 2 heterocycles. The second kappa shape index (κ2) is 11.6. The molecular formula is C25H28N8S2. The van der Waals surface area contributed by atoms with Gasteiger partial charge in [-0.25, -0.2) is 9.36 Å². The lowest BCUT2D eigenvalue weighted by molar-refractivity contribution is 0.503. The lowest BCUT2D eigenvalue weighted by Gasteiger charge is -2.16. The monoisotopic (exact) mass is 504 g/mol. The van der Waals surface area contributed by atoms with Crippen molar-refractivity contribution in [2.75, 3.05) is 10.6 Å². The Balaban J connectivity index is 1.25. The fraction of sp³-hybridized carbons (Fsp3) is 0.200. The predicted molar refractivity (Wildman–Crippen MR) is 148 cm³/mol. The van der Waals surface area contributed by atoms with Crippen molar-refractivity contribution in [3.8, 4) is 0 Å². The molecule has 10 heteroatoms. The first kappa shape index (κ1) is 24.4. The first-order valence-electron chi connectivity index (χ1n) is 11.3. The molecule has 8 nitrogen and oxygen atoms in total. The maximum Gasteiger partial charge on any atom is 0.171 e. The number of hydrogen-bond acceptors (Lipinski definition) is 4. The van der Waals surface area contributed by atoms with Crippen molar-refractivity contribution >= 4 is 46.0 Å². The fourth-order valence-electron chi connectivity index (χ4n) is 3.54. The van der Waals surface area contributed by atoms with Gasteiger partial charge in [-0.05, 0) is 49.4 Å². The number of thiocarbonyl (C=S) groups is 2. The number of rotatable bonds is 8. The van der Waals surface area contributed by atoms with E-state index in [1.807, 2.05) is 48.8 Å². The van der Waals surface area contributed by atoms with E-state index in [1.54, 1.807) is 21.8 Å². The van der Waals surface area contributed by atoms with Crippen LogP contribution in [0.5, 0.6) is 0 Å². The number of anilines is 2. The number of nitrogens with zero attached hydrogens (tertiary/aromatic N) is 4. The van der Waals surface area contributed by atoms with Gasteiger partial charge in [0.05, 0.1) is 48.2 Å². The second-order valence-electron chi connectivity index (χ2n) is 8.14. The Morgan fingerprint density at radius 1 is 0.714 bits per heavy atom. The highest BCUT2D eigenvalue weighted by Gasteiger charge is 2.09. The molecule has 4 aromatic rings. The van der Waals surface area contributed by atoms with E-state index in [0.29, 0.717) is 16.9 Å². The van der Waals surface area contributed by atoms with E-state index in [1.165, 1.54) is 11.1 Å². The van der Waals surface area contributed by atoms with Gasteiger partial charge < -0.3 is 21.3 Å². The van der Waals surface area contributed by atoms with Crippen LogP contribution in [0.3, 0.4) is 0 Å². The van der Waals surface area contributed by atoms with Crippen molar-refractivity contribution in [1.82, 2.24) is 30.2 Å². The maximum atomic E-state index is 5.45. The molecule has 0 bridgehead atoms. The zero-order chi connectivity index (χ0) is 24.6. The van der Waals surface area contributed by atoms with Gasteiger partial charge in [-0.3, -0.25) is 0 Å². The van der Waals surface area contributed by atoms with Crippen molar-refractivity contribution in [2.24, 2.45) is 0 Å². The van der Waals surface area contributed by atoms with Gasteiger partial charge in [-0.1, -0.05) is 60.7 Å². The van der Waals surface area contributed by atoms with Gasteiger partial charge >= 0.3 is 0 Å². The molecule has 0 saturated carbocycles. The van der Waals surface area contributed by atoms with Crippen LogP contribution in [-0.2, 0) is 6.67 Å². The first-order valence-corrected chi connectivity index (χ1v) is 12.1. The van der Waals surface area contributed by atoms with Crippen LogP contribution < -0.4 is 21.3 Å². The summed E-state index contributed by atoms with van der Waals surface area (Å²) in [4.78, 5) is 0. The van der Waals surface area contributed by atoms with Crippen molar-refractivity contribution in [3.05, 3.63) is 96.6 Å². The number of aromatic nitrogens is 4. The zero-order valence-electron chi connectivity index (χ0n) is 19.6. The van der Waals surface area contributed by atoms with Gasteiger partial charge in [-0.2, -0.15) is 10.2 Å². The van der Waals surface area contributed by atoms with E-state index in [4.69, 9.17) is 24.4 Å². The highest BCUT2D eigenvalue weighted by molar-refractivity contribution is 7.80. The molecule has 2 aromatic carbocycles. The Labute approximate surface area is 215 Å². The van der Waals surface area contributed by atoms with E-state index in [0.717, 1.165) is 11.4 Å². The summed E-state index contributed by atoms with van der Waals surface area (Å²) in [6.45, 7) is 4.59. The average molecular weight is 505 g/mol. The molecule has 0 aliphatic carbocycles. The molecule has 0 amide bonds. The van der Waals surface area contributed by atoms with Crippen molar-refractivity contribution in [1.29, 1.82) is 0 Å². The number of hydrogen-bond donors (Lipinski definition) is 4. The lowest BCUT2D eigenvalue weighted by atomic mass is 10.1. The van der Waals surface area contributed by atoms with Gasteiger partial charge in [0.2, 0.25) is 0 Å². The molecule has 0 unspecified atom stereocenters. The smallest absolute Gasteiger partial charge is 0.171 e. The molecule has 0 fully saturated rings. The third-order valence-corrected chi connectivity index (χ3v) is 5.81. The summed E-state index contributed by atoms with van der Waals surface area (Å²) in [5.41, 5.74) is 3.93. The third-order valence-electron chi connectivity index (χ3n) is 5.37. The Hall–Kier alpha value is -3.76. The maximum absolute atomic E-state index is 5.45. The zero-order valence-corrected chi connectivity index (χ0v) is 21.2. The highest BCUT2D eigenvalue weighted by atomic mass is 32.1. The van der Waals surface area contributed by atoms with Crippen LogP contribution in [0.1, 0.15) is 37.1 Å². The number of benzene rings is 2. The third kappa shape index (κ3) is 7.11. The van der Waals surface area contributed by atoms with E-state index in [9.17, 15) is 0 Å². The molecular weight excluding hydrogens is 476 g/mol. The summed E-state index contributed by atoms with van der Waals surface area (Å²) in [7, 11) is 0. The molecule has 0 radical (unpaired) electrons. The van der Waals surface area contributed by atoms with Crippen LogP contribution >= 0.6 is 24.4 Å². The molecule has 0 spiro atoms. The highest BCUT2D eigenvalue weighted by Crippen LogP contribution is 2.14. The van der Waals surface area contributed by atoms with Crippen LogP contribution in [0.15, 0.2) is 85.5 Å². The Morgan fingerprint density at radius 3 is 1.51 bits per heavy atom. The van der Waals surface area contributed by atoms with Crippen molar-refractivity contribution < 1.29 is 0 Å². The predicted octanol–water partition coefficient (Wildman–Crippen LogP) is 4.68. The van der Waals surface area contributed by atoms with E-state index in [-0.39, 0.29) is 12.1 Å². The van der Waals surface area contributed by atoms with Gasteiger partial charge in [0.1, 0.15) is 6.67 Å². The summed E-state index contributed by atoms with van der Waals surface area (Å²) in [6, 6.07) is 20.5. The summed E-state index contributed by atoms with van der Waals surface area (Å²) >= 11 is 10.9. The minimum absolute atomic E-state index is 0.0949. The van der Waals surface area contributed by atoms with Gasteiger partial charge in [-0.15, -0.1) is 0 Å². The van der Waals surface area contributed by atoms with Crippen molar-refractivity contribution in [2.45, 2.75) is 32.6 Å². The van der Waals surface area contributed by atoms with Crippen LogP contribution in [0.25, 0.3) is 0 Å². The SMILES string of the molecule is C[C@H](NC(=S)Nc1cnn(Cn2cc(NC(=S)N[C@@H](C)c3ccccc3)cn2)c1)c1ccccc1. The first-order chi connectivity index (χ1) is 17.0. The summed E-state index contributed by atoms with van der Waals surface area (Å²) in [6.07, 6.45) is 7.22. The molecule has 4 N–H and O–H groups in total. The summed E-state index contributed by atoms with van der Waals surface area (Å²) in [5, 5.41) is 22.8. The summed E-state index contributed by atoms with van der Waals surface area (Å²) in [5.74, 6) is 0. The summed E-state index contributed by atoms with van der Waals surface area (Å²) < 4.78 is 3.55. The molecule has 4 rings (SSSR count). The standard InChI is InChI=1S/C25H28N8S2/c1-18(20-9-5-3-6-10-20)28-24(34)30-22-13-26-32(15-22)17-33-16-23(14-27-33)31-25(35)29-19(2)21-11-7-4-8-12-21/h3-16,18-19H,17H2,1-2H3,(H2,28,30,34)(H2,29,31,35)/t18-,19-/m0/s1. The Bertz CT molecular complexity index is 1150. The minimum atomic E-state index is 0.0949. The molecule has 180 valence electrons. The minimum Gasteiger partial charge on any atom is -0.356 e. The van der Waals surface area contributed by atoms with Crippen LogP contribution in [-0.4, -0.2) is 29.8 Å². The lowest BCUT2D eigenvalue weighted by Crippen LogP contribution is -2.30. The van der Waals surface area contributed by atoms with E-state index < -0.39 is 0 Å². The molecule has 0 aliphatic heterocycles.